The SMILES string of the molecule is N#Cc1c(N)nc(N)nc1-c1ccc(F)cc1CBr. The van der Waals surface area contributed by atoms with E-state index >= 15 is 0 Å². The summed E-state index contributed by atoms with van der Waals surface area (Å²) < 4.78 is 13.2. The van der Waals surface area contributed by atoms with E-state index in [4.69, 9.17) is 16.7 Å². The fraction of sp³-hybridized carbons (Fsp3) is 0.0833. The van der Waals surface area contributed by atoms with Gasteiger partial charge in [0, 0.05) is 10.9 Å². The highest BCUT2D eigenvalue weighted by molar-refractivity contribution is 9.08. The molecule has 0 spiro atoms. The van der Waals surface area contributed by atoms with E-state index in [1.54, 1.807) is 0 Å². The van der Waals surface area contributed by atoms with Gasteiger partial charge in [0.1, 0.15) is 23.3 Å². The summed E-state index contributed by atoms with van der Waals surface area (Å²) in [5, 5.41) is 9.54. The number of hydrogen-bond acceptors (Lipinski definition) is 5. The Morgan fingerprint density at radius 1 is 1.32 bits per heavy atom. The van der Waals surface area contributed by atoms with Crippen molar-refractivity contribution in [2.45, 2.75) is 5.33 Å². The molecule has 1 aromatic carbocycles. The first-order chi connectivity index (χ1) is 9.06. The Balaban J connectivity index is 2.75. The van der Waals surface area contributed by atoms with Gasteiger partial charge in [-0.25, -0.2) is 9.37 Å². The van der Waals surface area contributed by atoms with Crippen LogP contribution in [0.25, 0.3) is 11.3 Å². The van der Waals surface area contributed by atoms with E-state index in [1.807, 2.05) is 6.07 Å². The van der Waals surface area contributed by atoms with Gasteiger partial charge in [-0.3, -0.25) is 0 Å². The predicted octanol–water partition coefficient (Wildman–Crippen LogP) is 2.21. The van der Waals surface area contributed by atoms with Crippen molar-refractivity contribution in [2.24, 2.45) is 0 Å². The first-order valence-electron chi connectivity index (χ1n) is 5.24. The molecular weight excluding hydrogens is 313 g/mol. The predicted molar refractivity (Wildman–Crippen MR) is 73.6 cm³/mol. The van der Waals surface area contributed by atoms with Crippen LogP contribution in [0.3, 0.4) is 0 Å². The zero-order valence-corrected chi connectivity index (χ0v) is 11.3. The average Bonchev–Trinajstić information content (AvgIpc) is 2.37. The standard InChI is InChI=1S/C12H9BrFN5/c13-4-6-3-7(14)1-2-8(6)10-9(5-15)11(16)19-12(17)18-10/h1-3H,4H2,(H4,16,17,18,19). The van der Waals surface area contributed by atoms with Gasteiger partial charge in [0.05, 0.1) is 5.69 Å². The Kier molecular flexibility index (Phi) is 3.62. The van der Waals surface area contributed by atoms with Gasteiger partial charge in [-0.15, -0.1) is 0 Å². The largest absolute Gasteiger partial charge is 0.382 e. The Morgan fingerprint density at radius 3 is 2.68 bits per heavy atom. The van der Waals surface area contributed by atoms with E-state index < -0.39 is 0 Å². The number of nitriles is 1. The fourth-order valence-corrected chi connectivity index (χ4v) is 2.17. The number of halogens is 2. The third kappa shape index (κ3) is 2.48. The van der Waals surface area contributed by atoms with Gasteiger partial charge < -0.3 is 11.5 Å². The first-order valence-corrected chi connectivity index (χ1v) is 6.36. The number of benzene rings is 1. The molecule has 0 unspecified atom stereocenters. The van der Waals surface area contributed by atoms with Gasteiger partial charge in [0.25, 0.3) is 0 Å². The zero-order valence-electron chi connectivity index (χ0n) is 9.69. The van der Waals surface area contributed by atoms with E-state index in [-0.39, 0.29) is 23.1 Å². The number of nitrogens with two attached hydrogens (primary N) is 2. The number of nitrogens with zero attached hydrogens (tertiary/aromatic N) is 3. The smallest absolute Gasteiger partial charge is 0.222 e. The molecule has 0 bridgehead atoms. The molecule has 0 saturated carbocycles. The Labute approximate surface area is 117 Å². The van der Waals surface area contributed by atoms with Crippen LogP contribution in [0.2, 0.25) is 0 Å². The lowest BCUT2D eigenvalue weighted by Gasteiger charge is -2.10. The maximum absolute atomic E-state index is 13.2. The van der Waals surface area contributed by atoms with E-state index in [0.717, 1.165) is 0 Å². The molecule has 0 radical (unpaired) electrons. The first kappa shape index (κ1) is 13.2. The molecule has 2 rings (SSSR count). The molecule has 1 aromatic heterocycles. The van der Waals surface area contributed by atoms with E-state index in [2.05, 4.69) is 25.9 Å². The quantitative estimate of drug-likeness (QED) is 0.826. The van der Waals surface area contributed by atoms with Crippen molar-refractivity contribution >= 4 is 27.7 Å². The summed E-state index contributed by atoms with van der Waals surface area (Å²) in [5.74, 6) is -0.391. The molecule has 0 fully saturated rings. The van der Waals surface area contributed by atoms with Crippen LogP contribution in [0.1, 0.15) is 11.1 Å². The summed E-state index contributed by atoms with van der Waals surface area (Å²) >= 11 is 3.27. The van der Waals surface area contributed by atoms with Crippen LogP contribution < -0.4 is 11.5 Å². The molecular formula is C12H9BrFN5. The summed E-state index contributed by atoms with van der Waals surface area (Å²) in [7, 11) is 0. The van der Waals surface area contributed by atoms with E-state index in [9.17, 15) is 4.39 Å². The minimum absolute atomic E-state index is 0.00912. The van der Waals surface area contributed by atoms with Crippen molar-refractivity contribution in [1.82, 2.24) is 9.97 Å². The topological polar surface area (TPSA) is 102 Å². The second kappa shape index (κ2) is 5.20. The van der Waals surface area contributed by atoms with Crippen LogP contribution in [0.15, 0.2) is 18.2 Å². The molecule has 2 aromatic rings. The lowest BCUT2D eigenvalue weighted by molar-refractivity contribution is 0.626. The minimum atomic E-state index is -0.369. The number of rotatable bonds is 2. The number of aromatic nitrogens is 2. The summed E-state index contributed by atoms with van der Waals surface area (Å²) in [6.07, 6.45) is 0. The molecule has 1 heterocycles. The molecule has 0 saturated heterocycles. The zero-order chi connectivity index (χ0) is 14.0. The fourth-order valence-electron chi connectivity index (χ4n) is 1.71. The van der Waals surface area contributed by atoms with Crippen molar-refractivity contribution < 1.29 is 4.39 Å². The van der Waals surface area contributed by atoms with Crippen molar-refractivity contribution in [1.29, 1.82) is 5.26 Å². The molecule has 5 nitrogen and oxygen atoms in total. The van der Waals surface area contributed by atoms with Crippen LogP contribution in [0.5, 0.6) is 0 Å². The third-order valence-corrected chi connectivity index (χ3v) is 3.14. The molecule has 0 atom stereocenters. The normalized spacial score (nSPS) is 10.2. The number of alkyl halides is 1. The lowest BCUT2D eigenvalue weighted by atomic mass is 10.0. The highest BCUT2D eigenvalue weighted by Gasteiger charge is 2.16. The molecule has 0 aliphatic rings. The van der Waals surface area contributed by atoms with Crippen molar-refractivity contribution in [3.63, 3.8) is 0 Å². The number of hydrogen-bond donors (Lipinski definition) is 2. The van der Waals surface area contributed by atoms with Gasteiger partial charge in [-0.05, 0) is 23.8 Å². The van der Waals surface area contributed by atoms with Crippen molar-refractivity contribution in [3.05, 3.63) is 35.1 Å². The van der Waals surface area contributed by atoms with Gasteiger partial charge in [-0.1, -0.05) is 15.9 Å². The Hall–Kier alpha value is -2.20. The lowest BCUT2D eigenvalue weighted by Crippen LogP contribution is -2.05. The van der Waals surface area contributed by atoms with Crippen LogP contribution >= 0.6 is 15.9 Å². The Morgan fingerprint density at radius 2 is 2.05 bits per heavy atom. The maximum Gasteiger partial charge on any atom is 0.222 e. The molecule has 0 aliphatic heterocycles. The summed E-state index contributed by atoms with van der Waals surface area (Å²) in [4.78, 5) is 7.77. The van der Waals surface area contributed by atoms with E-state index in [0.29, 0.717) is 22.2 Å². The Bertz CT molecular complexity index is 681. The number of anilines is 2. The van der Waals surface area contributed by atoms with Crippen LogP contribution in [0, 0.1) is 17.1 Å². The van der Waals surface area contributed by atoms with Gasteiger partial charge in [-0.2, -0.15) is 10.2 Å². The molecule has 19 heavy (non-hydrogen) atoms. The summed E-state index contributed by atoms with van der Waals surface area (Å²) in [6.45, 7) is 0. The summed E-state index contributed by atoms with van der Waals surface area (Å²) in [6, 6.07) is 6.13. The molecule has 7 heteroatoms. The average molecular weight is 322 g/mol. The van der Waals surface area contributed by atoms with E-state index in [1.165, 1.54) is 18.2 Å². The van der Waals surface area contributed by atoms with Crippen molar-refractivity contribution in [3.8, 4) is 17.3 Å². The summed E-state index contributed by atoms with van der Waals surface area (Å²) in [5.41, 5.74) is 12.9. The highest BCUT2D eigenvalue weighted by Crippen LogP contribution is 2.29. The molecule has 4 N–H and O–H groups in total. The molecule has 0 amide bonds. The second-order valence-corrected chi connectivity index (χ2v) is 4.30. The highest BCUT2D eigenvalue weighted by atomic mass is 79.9. The van der Waals surface area contributed by atoms with Gasteiger partial charge in [0.15, 0.2) is 0 Å². The van der Waals surface area contributed by atoms with Gasteiger partial charge >= 0.3 is 0 Å². The number of nitrogen functional groups attached to an aromatic ring is 2. The monoisotopic (exact) mass is 321 g/mol. The molecule has 0 aliphatic carbocycles. The van der Waals surface area contributed by atoms with Crippen LogP contribution in [-0.2, 0) is 5.33 Å². The third-order valence-electron chi connectivity index (χ3n) is 2.53. The molecule has 96 valence electrons. The second-order valence-electron chi connectivity index (χ2n) is 3.74. The van der Waals surface area contributed by atoms with Crippen molar-refractivity contribution in [2.75, 3.05) is 11.5 Å². The minimum Gasteiger partial charge on any atom is -0.382 e. The van der Waals surface area contributed by atoms with Crippen LogP contribution in [-0.4, -0.2) is 9.97 Å². The van der Waals surface area contributed by atoms with Crippen LogP contribution in [0.4, 0.5) is 16.2 Å². The van der Waals surface area contributed by atoms with Gasteiger partial charge in [0.2, 0.25) is 5.95 Å². The maximum atomic E-state index is 13.2.